The molecule has 2 aromatic rings. The summed E-state index contributed by atoms with van der Waals surface area (Å²) in [5.74, 6) is 0.750. The van der Waals surface area contributed by atoms with Gasteiger partial charge >= 0.3 is 0 Å². The molecule has 1 amide bonds. The van der Waals surface area contributed by atoms with Crippen molar-refractivity contribution in [2.24, 2.45) is 0 Å². The molecule has 0 saturated carbocycles. The molecule has 7 heteroatoms. The van der Waals surface area contributed by atoms with Crippen LogP contribution in [0.3, 0.4) is 0 Å². The van der Waals surface area contributed by atoms with Crippen LogP contribution in [0.4, 0.5) is 0 Å². The van der Waals surface area contributed by atoms with Crippen molar-refractivity contribution in [3.8, 4) is 0 Å². The van der Waals surface area contributed by atoms with Gasteiger partial charge in [-0.2, -0.15) is 0 Å². The van der Waals surface area contributed by atoms with Gasteiger partial charge in [0.2, 0.25) is 5.91 Å². The average Bonchev–Trinajstić information content (AvgIpc) is 2.84. The Morgan fingerprint density at radius 2 is 2.09 bits per heavy atom. The molecule has 0 spiro atoms. The number of tetrazole rings is 1. The molecule has 122 valence electrons. The summed E-state index contributed by atoms with van der Waals surface area (Å²) in [6, 6.07) is 9.61. The largest absolute Gasteiger partial charge is 0.340 e. The second kappa shape index (κ2) is 7.32. The van der Waals surface area contributed by atoms with Gasteiger partial charge in [0.25, 0.3) is 0 Å². The van der Waals surface area contributed by atoms with Gasteiger partial charge in [-0.05, 0) is 35.9 Å². The summed E-state index contributed by atoms with van der Waals surface area (Å²) in [4.78, 5) is 15.0. The highest BCUT2D eigenvalue weighted by Gasteiger charge is 2.28. The molecule has 1 aromatic heterocycles. The summed E-state index contributed by atoms with van der Waals surface area (Å²) in [6.45, 7) is 5.12. The third-order valence-electron chi connectivity index (χ3n) is 4.16. The number of carbonyl (C=O) groups excluding carboxylic acids is 1. The molecule has 0 radical (unpaired) electrons. The fourth-order valence-corrected chi connectivity index (χ4v) is 2.92. The Hall–Kier alpha value is -2.28. The molecule has 1 aliphatic heterocycles. The highest BCUT2D eigenvalue weighted by molar-refractivity contribution is 5.80. The molecule has 3 rings (SSSR count). The Bertz CT molecular complexity index is 633. The third kappa shape index (κ3) is 3.73. The number of aromatic nitrogens is 4. The van der Waals surface area contributed by atoms with Crippen LogP contribution in [0.5, 0.6) is 0 Å². The Labute approximate surface area is 135 Å². The molecule has 0 bridgehead atoms. The minimum atomic E-state index is -0.398. The number of aryl methyl sites for hydroxylation is 1. The Kier molecular flexibility index (Phi) is 4.97. The zero-order valence-electron chi connectivity index (χ0n) is 13.4. The maximum atomic E-state index is 13.1. The average molecular weight is 314 g/mol. The van der Waals surface area contributed by atoms with Crippen molar-refractivity contribution in [1.29, 1.82) is 0 Å². The smallest absolute Gasteiger partial charge is 0.247 e. The van der Waals surface area contributed by atoms with Gasteiger partial charge in [-0.25, -0.2) is 4.68 Å². The topological polar surface area (TPSA) is 75.9 Å². The van der Waals surface area contributed by atoms with Gasteiger partial charge in [-0.15, -0.1) is 5.10 Å². The summed E-state index contributed by atoms with van der Waals surface area (Å²) in [7, 11) is 0. The first-order valence-corrected chi connectivity index (χ1v) is 8.03. The van der Waals surface area contributed by atoms with Crippen LogP contribution in [0, 0.1) is 6.92 Å². The van der Waals surface area contributed by atoms with Crippen molar-refractivity contribution in [3.05, 3.63) is 41.7 Å². The zero-order valence-corrected chi connectivity index (χ0v) is 13.4. The van der Waals surface area contributed by atoms with Gasteiger partial charge in [-0.3, -0.25) is 4.79 Å². The molecule has 2 heterocycles. The van der Waals surface area contributed by atoms with Crippen molar-refractivity contribution in [3.63, 3.8) is 0 Å². The monoisotopic (exact) mass is 314 g/mol. The number of hydrogen-bond donors (Lipinski definition) is 1. The number of rotatable bonds is 4. The Balaban J connectivity index is 1.85. The molecular formula is C16H22N6O. The van der Waals surface area contributed by atoms with Crippen molar-refractivity contribution in [2.75, 3.05) is 26.2 Å². The van der Waals surface area contributed by atoms with E-state index in [2.05, 4.69) is 20.8 Å². The zero-order chi connectivity index (χ0) is 16.1. The lowest BCUT2D eigenvalue weighted by atomic mass is 10.0. The van der Waals surface area contributed by atoms with Gasteiger partial charge in [0.1, 0.15) is 11.9 Å². The van der Waals surface area contributed by atoms with E-state index in [1.807, 2.05) is 42.2 Å². The van der Waals surface area contributed by atoms with E-state index in [9.17, 15) is 4.79 Å². The standard InChI is InChI=1S/C16H22N6O/c1-13-18-19-20-22(13)15(12-14-6-3-2-4-7-14)16(23)21-10-5-8-17-9-11-21/h2-4,6-7,15,17H,5,8-12H2,1H3. The van der Waals surface area contributed by atoms with Crippen LogP contribution in [-0.4, -0.2) is 57.2 Å². The SMILES string of the molecule is Cc1nnnn1C(Cc1ccccc1)C(=O)N1CCCNCC1. The number of amides is 1. The fraction of sp³-hybridized carbons (Fsp3) is 0.500. The van der Waals surface area contributed by atoms with Crippen molar-refractivity contribution in [1.82, 2.24) is 30.4 Å². The molecule has 0 aliphatic carbocycles. The summed E-state index contributed by atoms with van der Waals surface area (Å²) in [5.41, 5.74) is 1.11. The third-order valence-corrected chi connectivity index (χ3v) is 4.16. The van der Waals surface area contributed by atoms with Crippen LogP contribution in [0.15, 0.2) is 30.3 Å². The molecule has 1 aromatic carbocycles. The van der Waals surface area contributed by atoms with Gasteiger partial charge in [0.05, 0.1) is 0 Å². The van der Waals surface area contributed by atoms with Gasteiger partial charge in [-0.1, -0.05) is 30.3 Å². The van der Waals surface area contributed by atoms with Crippen LogP contribution in [0.25, 0.3) is 0 Å². The summed E-state index contributed by atoms with van der Waals surface area (Å²) in [6.07, 6.45) is 1.56. The molecule has 1 fully saturated rings. The second-order valence-electron chi connectivity index (χ2n) is 5.81. The van der Waals surface area contributed by atoms with E-state index in [-0.39, 0.29) is 5.91 Å². The molecule has 1 saturated heterocycles. The molecule has 1 N–H and O–H groups in total. The molecular weight excluding hydrogens is 292 g/mol. The lowest BCUT2D eigenvalue weighted by Gasteiger charge is -2.26. The van der Waals surface area contributed by atoms with Gasteiger partial charge in [0, 0.05) is 26.1 Å². The minimum Gasteiger partial charge on any atom is -0.340 e. The quantitative estimate of drug-likeness (QED) is 0.894. The van der Waals surface area contributed by atoms with Crippen molar-refractivity contribution in [2.45, 2.75) is 25.8 Å². The van der Waals surface area contributed by atoms with Gasteiger partial charge in [0.15, 0.2) is 0 Å². The van der Waals surface area contributed by atoms with Crippen LogP contribution >= 0.6 is 0 Å². The molecule has 1 aliphatic rings. The van der Waals surface area contributed by atoms with E-state index < -0.39 is 6.04 Å². The van der Waals surface area contributed by atoms with E-state index in [1.54, 1.807) is 4.68 Å². The van der Waals surface area contributed by atoms with E-state index in [4.69, 9.17) is 0 Å². The number of nitrogens with zero attached hydrogens (tertiary/aromatic N) is 5. The lowest BCUT2D eigenvalue weighted by Crippen LogP contribution is -2.40. The predicted octanol–water partition coefficient (Wildman–Crippen LogP) is 0.587. The maximum absolute atomic E-state index is 13.1. The molecule has 7 nitrogen and oxygen atoms in total. The van der Waals surface area contributed by atoms with Crippen molar-refractivity contribution >= 4 is 5.91 Å². The van der Waals surface area contributed by atoms with E-state index in [0.717, 1.165) is 38.2 Å². The van der Waals surface area contributed by atoms with Gasteiger partial charge < -0.3 is 10.2 Å². The van der Waals surface area contributed by atoms with Crippen LogP contribution in [0.1, 0.15) is 23.9 Å². The van der Waals surface area contributed by atoms with Crippen LogP contribution < -0.4 is 5.32 Å². The van der Waals surface area contributed by atoms with Crippen LogP contribution in [-0.2, 0) is 11.2 Å². The minimum absolute atomic E-state index is 0.0907. The second-order valence-corrected chi connectivity index (χ2v) is 5.81. The maximum Gasteiger partial charge on any atom is 0.247 e. The number of carbonyl (C=O) groups is 1. The lowest BCUT2D eigenvalue weighted by molar-refractivity contribution is -0.135. The van der Waals surface area contributed by atoms with Crippen molar-refractivity contribution < 1.29 is 4.79 Å². The Morgan fingerprint density at radius 1 is 1.26 bits per heavy atom. The first-order chi connectivity index (χ1) is 11.3. The summed E-state index contributed by atoms with van der Waals surface area (Å²) >= 11 is 0. The number of hydrogen-bond acceptors (Lipinski definition) is 5. The first-order valence-electron chi connectivity index (χ1n) is 8.03. The molecule has 1 unspecified atom stereocenters. The van der Waals surface area contributed by atoms with E-state index in [1.165, 1.54) is 0 Å². The van der Waals surface area contributed by atoms with Crippen LogP contribution in [0.2, 0.25) is 0 Å². The Morgan fingerprint density at radius 3 is 2.83 bits per heavy atom. The fourth-order valence-electron chi connectivity index (χ4n) is 2.92. The number of nitrogens with one attached hydrogen (secondary N) is 1. The van der Waals surface area contributed by atoms with E-state index in [0.29, 0.717) is 12.2 Å². The highest BCUT2D eigenvalue weighted by atomic mass is 16.2. The normalized spacial score (nSPS) is 16.8. The van der Waals surface area contributed by atoms with E-state index >= 15 is 0 Å². The first kappa shape index (κ1) is 15.6. The summed E-state index contributed by atoms with van der Waals surface area (Å²) < 4.78 is 1.65. The number of benzene rings is 1. The molecule has 23 heavy (non-hydrogen) atoms. The predicted molar refractivity (Wildman–Crippen MR) is 85.8 cm³/mol. The molecule has 1 atom stereocenters. The summed E-state index contributed by atoms with van der Waals surface area (Å²) in [5, 5.41) is 15.0. The highest BCUT2D eigenvalue weighted by Crippen LogP contribution is 2.18.